The summed E-state index contributed by atoms with van der Waals surface area (Å²) in [6.07, 6.45) is 2.59. The molecule has 1 rings (SSSR count). The standard InChI is InChI=1S/C12H15ClN2OS/c1-17(16)6-2-5-15-9-11-4-3-10(8-14)7-12(11)13/h3-4,7,15H,2,5-6,9H2,1H3. The topological polar surface area (TPSA) is 52.9 Å². The van der Waals surface area contributed by atoms with E-state index in [4.69, 9.17) is 16.9 Å². The maximum Gasteiger partial charge on any atom is 0.0992 e. The lowest BCUT2D eigenvalue weighted by molar-refractivity contribution is 0.662. The van der Waals surface area contributed by atoms with Crippen molar-refractivity contribution in [1.29, 1.82) is 5.26 Å². The van der Waals surface area contributed by atoms with Crippen molar-refractivity contribution in [2.24, 2.45) is 0 Å². The number of hydrogen-bond acceptors (Lipinski definition) is 3. The largest absolute Gasteiger partial charge is 0.313 e. The highest BCUT2D eigenvalue weighted by atomic mass is 35.5. The van der Waals surface area contributed by atoms with Gasteiger partial charge in [-0.05, 0) is 30.7 Å². The third kappa shape index (κ3) is 5.31. The highest BCUT2D eigenvalue weighted by Crippen LogP contribution is 2.17. The normalized spacial score (nSPS) is 12.1. The van der Waals surface area contributed by atoms with Crippen LogP contribution in [0.25, 0.3) is 0 Å². The molecule has 0 aliphatic heterocycles. The predicted octanol–water partition coefficient (Wildman–Crippen LogP) is 2.07. The summed E-state index contributed by atoms with van der Waals surface area (Å²) < 4.78 is 10.8. The molecule has 5 heteroatoms. The summed E-state index contributed by atoms with van der Waals surface area (Å²) >= 11 is 6.03. The molecule has 0 heterocycles. The first kappa shape index (κ1) is 14.2. The van der Waals surface area contributed by atoms with Crippen molar-refractivity contribution in [3.05, 3.63) is 34.3 Å². The van der Waals surface area contributed by atoms with Gasteiger partial charge in [0.25, 0.3) is 0 Å². The van der Waals surface area contributed by atoms with Crippen LogP contribution in [0.15, 0.2) is 18.2 Å². The van der Waals surface area contributed by atoms with Gasteiger partial charge in [0.15, 0.2) is 0 Å². The van der Waals surface area contributed by atoms with E-state index in [-0.39, 0.29) is 0 Å². The monoisotopic (exact) mass is 270 g/mol. The fraction of sp³-hybridized carbons (Fsp3) is 0.417. The zero-order valence-corrected chi connectivity index (χ0v) is 11.3. The van der Waals surface area contributed by atoms with E-state index in [0.717, 1.165) is 18.5 Å². The molecule has 0 aliphatic carbocycles. The molecular formula is C12H15ClN2OS. The van der Waals surface area contributed by atoms with Gasteiger partial charge in [-0.15, -0.1) is 0 Å². The molecule has 0 aliphatic rings. The lowest BCUT2D eigenvalue weighted by atomic mass is 10.1. The molecule has 0 saturated heterocycles. The fourth-order valence-corrected chi connectivity index (χ4v) is 2.18. The number of nitrogens with one attached hydrogen (secondary N) is 1. The quantitative estimate of drug-likeness (QED) is 0.805. The molecule has 0 bridgehead atoms. The van der Waals surface area contributed by atoms with Crippen LogP contribution in [-0.2, 0) is 17.3 Å². The Kier molecular flexibility index (Phi) is 6.20. The Bertz CT molecular complexity index is 443. The van der Waals surface area contributed by atoms with Gasteiger partial charge >= 0.3 is 0 Å². The van der Waals surface area contributed by atoms with Gasteiger partial charge in [-0.3, -0.25) is 4.21 Å². The zero-order chi connectivity index (χ0) is 12.7. The summed E-state index contributed by atoms with van der Waals surface area (Å²) in [5.41, 5.74) is 1.54. The van der Waals surface area contributed by atoms with Gasteiger partial charge in [-0.25, -0.2) is 0 Å². The predicted molar refractivity (Wildman–Crippen MR) is 71.4 cm³/mol. The molecule has 1 N–H and O–H groups in total. The first-order chi connectivity index (χ1) is 8.13. The van der Waals surface area contributed by atoms with Crippen molar-refractivity contribution in [1.82, 2.24) is 5.32 Å². The molecule has 92 valence electrons. The molecule has 3 nitrogen and oxygen atoms in total. The second-order valence-corrected chi connectivity index (χ2v) is 5.69. The SMILES string of the molecule is CS(=O)CCCNCc1ccc(C#N)cc1Cl. The van der Waals surface area contributed by atoms with Crippen LogP contribution in [0.4, 0.5) is 0 Å². The summed E-state index contributed by atoms with van der Waals surface area (Å²) in [4.78, 5) is 0. The van der Waals surface area contributed by atoms with Crippen molar-refractivity contribution in [3.8, 4) is 6.07 Å². The van der Waals surface area contributed by atoms with Crippen molar-refractivity contribution < 1.29 is 4.21 Å². The first-order valence-electron chi connectivity index (χ1n) is 5.32. The Labute approximate surface area is 109 Å². The molecular weight excluding hydrogens is 256 g/mol. The third-order valence-corrected chi connectivity index (χ3v) is 3.50. The van der Waals surface area contributed by atoms with E-state index in [1.165, 1.54) is 0 Å². The Morgan fingerprint density at radius 3 is 2.88 bits per heavy atom. The molecule has 0 amide bonds. The van der Waals surface area contributed by atoms with E-state index >= 15 is 0 Å². The molecule has 17 heavy (non-hydrogen) atoms. The van der Waals surface area contributed by atoms with Gasteiger partial charge < -0.3 is 5.32 Å². The smallest absolute Gasteiger partial charge is 0.0992 e. The van der Waals surface area contributed by atoms with E-state index in [0.29, 0.717) is 22.9 Å². The maximum absolute atomic E-state index is 10.8. The van der Waals surface area contributed by atoms with Gasteiger partial charge in [-0.1, -0.05) is 17.7 Å². The summed E-state index contributed by atoms with van der Waals surface area (Å²) in [5.74, 6) is 0.716. The molecule has 1 atom stereocenters. The Hall–Kier alpha value is -0.890. The molecule has 0 fully saturated rings. The number of nitriles is 1. The Balaban J connectivity index is 2.37. The Morgan fingerprint density at radius 1 is 1.53 bits per heavy atom. The summed E-state index contributed by atoms with van der Waals surface area (Å²) in [6.45, 7) is 1.48. The molecule has 0 aromatic heterocycles. The molecule has 1 unspecified atom stereocenters. The van der Waals surface area contributed by atoms with Gasteiger partial charge in [0, 0.05) is 34.4 Å². The summed E-state index contributed by atoms with van der Waals surface area (Å²) in [7, 11) is -0.724. The van der Waals surface area contributed by atoms with Crippen LogP contribution in [0.3, 0.4) is 0 Å². The molecule has 0 spiro atoms. The lowest BCUT2D eigenvalue weighted by Gasteiger charge is -2.06. The summed E-state index contributed by atoms with van der Waals surface area (Å²) in [6, 6.07) is 7.32. The average Bonchev–Trinajstić information content (AvgIpc) is 2.30. The van der Waals surface area contributed by atoms with Crippen LogP contribution >= 0.6 is 11.6 Å². The second kappa shape index (κ2) is 7.44. The number of hydrogen-bond donors (Lipinski definition) is 1. The van der Waals surface area contributed by atoms with Crippen LogP contribution in [0, 0.1) is 11.3 Å². The molecule has 0 saturated carbocycles. The van der Waals surface area contributed by atoms with E-state index in [1.807, 2.05) is 12.1 Å². The number of benzene rings is 1. The van der Waals surface area contributed by atoms with E-state index < -0.39 is 10.8 Å². The van der Waals surface area contributed by atoms with Crippen molar-refractivity contribution in [3.63, 3.8) is 0 Å². The fourth-order valence-electron chi connectivity index (χ4n) is 1.38. The van der Waals surface area contributed by atoms with Crippen molar-refractivity contribution in [2.45, 2.75) is 13.0 Å². The van der Waals surface area contributed by atoms with Gasteiger partial charge in [0.1, 0.15) is 0 Å². The highest BCUT2D eigenvalue weighted by Gasteiger charge is 2.01. The van der Waals surface area contributed by atoms with Gasteiger partial charge in [0.05, 0.1) is 11.6 Å². The van der Waals surface area contributed by atoms with Crippen LogP contribution in [0.5, 0.6) is 0 Å². The first-order valence-corrected chi connectivity index (χ1v) is 7.43. The van der Waals surface area contributed by atoms with Crippen molar-refractivity contribution >= 4 is 22.4 Å². The minimum atomic E-state index is -0.724. The maximum atomic E-state index is 10.8. The summed E-state index contributed by atoms with van der Waals surface area (Å²) in [5, 5.41) is 12.5. The molecule has 1 aromatic carbocycles. The number of nitrogens with zero attached hydrogens (tertiary/aromatic N) is 1. The van der Waals surface area contributed by atoms with E-state index in [2.05, 4.69) is 5.32 Å². The molecule has 1 aromatic rings. The lowest BCUT2D eigenvalue weighted by Crippen LogP contribution is -2.16. The van der Waals surface area contributed by atoms with E-state index in [9.17, 15) is 4.21 Å². The number of halogens is 1. The number of rotatable bonds is 6. The van der Waals surface area contributed by atoms with Crippen LogP contribution in [0.1, 0.15) is 17.5 Å². The van der Waals surface area contributed by atoms with Crippen molar-refractivity contribution in [2.75, 3.05) is 18.6 Å². The Morgan fingerprint density at radius 2 is 2.29 bits per heavy atom. The van der Waals surface area contributed by atoms with E-state index in [1.54, 1.807) is 18.4 Å². The third-order valence-electron chi connectivity index (χ3n) is 2.28. The zero-order valence-electron chi connectivity index (χ0n) is 9.70. The van der Waals surface area contributed by atoms with Crippen LogP contribution < -0.4 is 5.32 Å². The molecule has 0 radical (unpaired) electrons. The second-order valence-electron chi connectivity index (χ2n) is 3.73. The van der Waals surface area contributed by atoms with Gasteiger partial charge in [0.2, 0.25) is 0 Å². The minimum Gasteiger partial charge on any atom is -0.313 e. The van der Waals surface area contributed by atoms with Crippen LogP contribution in [-0.4, -0.2) is 22.8 Å². The minimum absolute atomic E-state index is 0.570. The van der Waals surface area contributed by atoms with Gasteiger partial charge in [-0.2, -0.15) is 5.26 Å². The average molecular weight is 271 g/mol. The highest BCUT2D eigenvalue weighted by molar-refractivity contribution is 7.84. The van der Waals surface area contributed by atoms with Crippen LogP contribution in [0.2, 0.25) is 5.02 Å².